The van der Waals surface area contributed by atoms with Gasteiger partial charge in [0.2, 0.25) is 0 Å². The lowest BCUT2D eigenvalue weighted by atomic mass is 10.0. The van der Waals surface area contributed by atoms with E-state index in [4.69, 9.17) is 9.78 Å². The summed E-state index contributed by atoms with van der Waals surface area (Å²) in [5.41, 5.74) is 0.979. The predicted molar refractivity (Wildman–Crippen MR) is 82.4 cm³/mol. The molecule has 0 aliphatic carbocycles. The molecule has 0 radical (unpaired) electrons. The van der Waals surface area contributed by atoms with Crippen molar-refractivity contribution in [2.45, 2.75) is 0 Å². The Bertz CT molecular complexity index is 839. The van der Waals surface area contributed by atoms with Crippen LogP contribution in [0.4, 0.5) is 0 Å². The number of hydrogen-bond donors (Lipinski definition) is 0. The predicted octanol–water partition coefficient (Wildman–Crippen LogP) is 3.84. The highest BCUT2D eigenvalue weighted by atomic mass is 17.2. The quantitative estimate of drug-likeness (QED) is 0.407. The van der Waals surface area contributed by atoms with E-state index in [-0.39, 0.29) is 0 Å². The lowest BCUT2D eigenvalue weighted by Gasteiger charge is -2.10. The standard InChI is InChI=1S/C18H12O4/c19-11-13-9-10-18(16-7-3-2-6-15(13)16)22-21-17-8-4-1-5-14(17)12-20/h1-12H. The zero-order valence-corrected chi connectivity index (χ0v) is 11.6. The Labute approximate surface area is 126 Å². The number of carbonyl (C=O) groups is 2. The van der Waals surface area contributed by atoms with E-state index >= 15 is 0 Å². The van der Waals surface area contributed by atoms with Crippen molar-refractivity contribution < 1.29 is 19.4 Å². The minimum Gasteiger partial charge on any atom is -0.298 e. The summed E-state index contributed by atoms with van der Waals surface area (Å²) in [5, 5.41) is 1.54. The number of fused-ring (bicyclic) bond motifs is 1. The lowest BCUT2D eigenvalue weighted by molar-refractivity contribution is -0.0987. The third-order valence-electron chi connectivity index (χ3n) is 3.31. The van der Waals surface area contributed by atoms with E-state index in [0.29, 0.717) is 28.9 Å². The van der Waals surface area contributed by atoms with Gasteiger partial charge in [-0.2, -0.15) is 0 Å². The van der Waals surface area contributed by atoms with Gasteiger partial charge in [0.1, 0.15) is 0 Å². The fourth-order valence-electron chi connectivity index (χ4n) is 2.21. The Morgan fingerprint density at radius 3 is 2.00 bits per heavy atom. The summed E-state index contributed by atoms with van der Waals surface area (Å²) >= 11 is 0. The summed E-state index contributed by atoms with van der Waals surface area (Å²) < 4.78 is 0. The fraction of sp³-hybridized carbons (Fsp3) is 0. The fourth-order valence-corrected chi connectivity index (χ4v) is 2.21. The van der Waals surface area contributed by atoms with Crippen molar-refractivity contribution in [1.82, 2.24) is 0 Å². The first-order chi connectivity index (χ1) is 10.8. The van der Waals surface area contributed by atoms with E-state index in [2.05, 4.69) is 0 Å². The molecule has 3 aromatic rings. The molecule has 0 bridgehead atoms. The maximum atomic E-state index is 11.1. The largest absolute Gasteiger partial charge is 0.298 e. The molecule has 0 spiro atoms. The summed E-state index contributed by atoms with van der Waals surface area (Å²) in [7, 11) is 0. The number of carbonyl (C=O) groups excluding carboxylic acids is 2. The minimum absolute atomic E-state index is 0.334. The molecular weight excluding hydrogens is 280 g/mol. The molecule has 3 aromatic carbocycles. The number of hydrogen-bond acceptors (Lipinski definition) is 4. The second-order valence-corrected chi connectivity index (χ2v) is 4.64. The van der Waals surface area contributed by atoms with Crippen LogP contribution in [0.1, 0.15) is 20.7 Å². The van der Waals surface area contributed by atoms with Crippen LogP contribution in [0.25, 0.3) is 10.8 Å². The molecule has 4 nitrogen and oxygen atoms in total. The van der Waals surface area contributed by atoms with Crippen LogP contribution in [0.15, 0.2) is 60.7 Å². The summed E-state index contributed by atoms with van der Waals surface area (Å²) in [6, 6.07) is 17.5. The van der Waals surface area contributed by atoms with Gasteiger partial charge in [0.15, 0.2) is 24.1 Å². The van der Waals surface area contributed by atoms with E-state index in [1.54, 1.807) is 36.4 Å². The van der Waals surface area contributed by atoms with E-state index in [1.165, 1.54) is 0 Å². The minimum atomic E-state index is 0.334. The smallest absolute Gasteiger partial charge is 0.189 e. The topological polar surface area (TPSA) is 52.6 Å². The molecule has 0 N–H and O–H groups in total. The number of aldehydes is 2. The van der Waals surface area contributed by atoms with Crippen LogP contribution < -0.4 is 9.78 Å². The van der Waals surface area contributed by atoms with Crippen LogP contribution in [0.3, 0.4) is 0 Å². The first-order valence-corrected chi connectivity index (χ1v) is 6.69. The van der Waals surface area contributed by atoms with Gasteiger partial charge in [0, 0.05) is 10.9 Å². The molecule has 0 fully saturated rings. The number of rotatable bonds is 5. The Balaban J connectivity index is 1.95. The van der Waals surface area contributed by atoms with Crippen molar-refractivity contribution in [1.29, 1.82) is 0 Å². The third-order valence-corrected chi connectivity index (χ3v) is 3.31. The van der Waals surface area contributed by atoms with Crippen LogP contribution in [0.2, 0.25) is 0 Å². The Kier molecular flexibility index (Phi) is 3.83. The van der Waals surface area contributed by atoms with E-state index in [9.17, 15) is 9.59 Å². The Morgan fingerprint density at radius 1 is 0.591 bits per heavy atom. The van der Waals surface area contributed by atoms with Crippen molar-refractivity contribution in [3.63, 3.8) is 0 Å². The molecule has 0 atom stereocenters. The van der Waals surface area contributed by atoms with Crippen LogP contribution in [-0.4, -0.2) is 12.6 Å². The van der Waals surface area contributed by atoms with Crippen molar-refractivity contribution in [3.8, 4) is 11.5 Å². The zero-order chi connectivity index (χ0) is 15.4. The normalized spacial score (nSPS) is 10.2. The molecule has 0 heterocycles. The van der Waals surface area contributed by atoms with Gasteiger partial charge in [0.25, 0.3) is 0 Å². The van der Waals surface area contributed by atoms with E-state index < -0.39 is 0 Å². The van der Waals surface area contributed by atoms with E-state index in [0.717, 1.165) is 17.1 Å². The van der Waals surface area contributed by atoms with Gasteiger partial charge in [-0.1, -0.05) is 36.4 Å². The highest BCUT2D eigenvalue weighted by Crippen LogP contribution is 2.28. The number of benzene rings is 3. The second kappa shape index (κ2) is 6.10. The van der Waals surface area contributed by atoms with Gasteiger partial charge < -0.3 is 0 Å². The monoisotopic (exact) mass is 292 g/mol. The molecule has 0 aliphatic heterocycles. The molecule has 0 saturated carbocycles. The van der Waals surface area contributed by atoms with Crippen LogP contribution in [0, 0.1) is 0 Å². The van der Waals surface area contributed by atoms with Gasteiger partial charge in [0.05, 0.1) is 5.56 Å². The Hall–Kier alpha value is -3.14. The molecule has 0 aromatic heterocycles. The Morgan fingerprint density at radius 2 is 1.23 bits per heavy atom. The van der Waals surface area contributed by atoms with Gasteiger partial charge >= 0.3 is 0 Å². The third kappa shape index (κ3) is 2.54. The maximum Gasteiger partial charge on any atom is 0.189 e. The molecule has 0 amide bonds. The highest BCUT2D eigenvalue weighted by molar-refractivity contribution is 6.00. The zero-order valence-electron chi connectivity index (χ0n) is 11.6. The summed E-state index contributed by atoms with van der Waals surface area (Å²) in [5.74, 6) is 0.808. The lowest BCUT2D eigenvalue weighted by Crippen LogP contribution is -2.03. The second-order valence-electron chi connectivity index (χ2n) is 4.64. The summed E-state index contributed by atoms with van der Waals surface area (Å²) in [6.45, 7) is 0. The molecule has 22 heavy (non-hydrogen) atoms. The van der Waals surface area contributed by atoms with Gasteiger partial charge in [-0.05, 0) is 29.7 Å². The van der Waals surface area contributed by atoms with Crippen molar-refractivity contribution >= 4 is 23.3 Å². The van der Waals surface area contributed by atoms with Gasteiger partial charge in [-0.15, -0.1) is 0 Å². The molecule has 108 valence electrons. The van der Waals surface area contributed by atoms with Crippen molar-refractivity contribution in [2.75, 3.05) is 0 Å². The van der Waals surface area contributed by atoms with Gasteiger partial charge in [-0.3, -0.25) is 19.4 Å². The average molecular weight is 292 g/mol. The molecule has 0 saturated heterocycles. The summed E-state index contributed by atoms with van der Waals surface area (Å²) in [6.07, 6.45) is 1.50. The maximum absolute atomic E-state index is 11.1. The first kappa shape index (κ1) is 13.8. The van der Waals surface area contributed by atoms with Gasteiger partial charge in [-0.25, -0.2) is 0 Å². The van der Waals surface area contributed by atoms with Crippen molar-refractivity contribution in [3.05, 3.63) is 71.8 Å². The van der Waals surface area contributed by atoms with Crippen LogP contribution >= 0.6 is 0 Å². The first-order valence-electron chi connectivity index (χ1n) is 6.69. The van der Waals surface area contributed by atoms with Crippen LogP contribution in [0.5, 0.6) is 11.5 Å². The molecule has 0 aliphatic rings. The summed E-state index contributed by atoms with van der Waals surface area (Å²) in [4.78, 5) is 32.7. The highest BCUT2D eigenvalue weighted by Gasteiger charge is 2.09. The van der Waals surface area contributed by atoms with Crippen molar-refractivity contribution in [2.24, 2.45) is 0 Å². The average Bonchev–Trinajstić information content (AvgIpc) is 2.59. The molecule has 4 heteroatoms. The molecule has 0 unspecified atom stereocenters. The molecular formula is C18H12O4. The van der Waals surface area contributed by atoms with E-state index in [1.807, 2.05) is 24.3 Å². The number of para-hydroxylation sites is 1. The van der Waals surface area contributed by atoms with Crippen LogP contribution in [-0.2, 0) is 0 Å². The SMILES string of the molecule is O=Cc1ccccc1OOc1ccc(C=O)c2ccccc12. The molecule has 3 rings (SSSR count).